The average Bonchev–Trinajstić information content (AvgIpc) is 3.34. The normalized spacial score (nSPS) is 13.2. The molecule has 1 aliphatic rings. The minimum absolute atomic E-state index is 0.300. The highest BCUT2D eigenvalue weighted by Crippen LogP contribution is 2.37. The molecule has 0 amide bonds. The Kier molecular flexibility index (Phi) is 9.94. The molecule has 0 fully saturated rings. The van der Waals surface area contributed by atoms with Gasteiger partial charge in [0, 0.05) is 55.1 Å². The van der Waals surface area contributed by atoms with Gasteiger partial charge in [0.15, 0.2) is 0 Å². The Morgan fingerprint density at radius 2 is 0.836 bits per heavy atom. The molecule has 2 N–H and O–H groups in total. The van der Waals surface area contributed by atoms with Crippen LogP contribution in [-0.2, 0) is 0 Å². The molecule has 4 aromatic heterocycles. The first-order valence-corrected chi connectivity index (χ1v) is 20.0. The molecule has 0 radical (unpaired) electrons. The van der Waals surface area contributed by atoms with E-state index in [1.807, 2.05) is 91.5 Å². The van der Waals surface area contributed by atoms with Crippen LogP contribution in [0, 0.1) is 5.41 Å². The minimum atomic E-state index is 0.300. The second-order valence-corrected chi connectivity index (χ2v) is 14.8. The second kappa shape index (κ2) is 16.4. The van der Waals surface area contributed by atoms with Gasteiger partial charge in [-0.05, 0) is 198 Å². The Labute approximate surface area is 353 Å². The first-order chi connectivity index (χ1) is 30.1. The molecule has 61 heavy (non-hydrogen) atoms. The summed E-state index contributed by atoms with van der Waals surface area (Å²) in [6, 6.07) is 52.3. The summed E-state index contributed by atoms with van der Waals surface area (Å²) >= 11 is 0. The number of pyridine rings is 4. The summed E-state index contributed by atoms with van der Waals surface area (Å²) in [5.41, 5.74) is 18.9. The van der Waals surface area contributed by atoms with Gasteiger partial charge in [-0.15, -0.1) is 0 Å². The van der Waals surface area contributed by atoms with Crippen molar-refractivity contribution in [1.29, 1.82) is 5.41 Å². The predicted octanol–water partition coefficient (Wildman–Crippen LogP) is 12.7. The van der Waals surface area contributed by atoms with Gasteiger partial charge in [0.25, 0.3) is 0 Å². The van der Waals surface area contributed by atoms with E-state index in [1.165, 1.54) is 10.8 Å². The number of hydrogen-bond donors (Lipinski definition) is 2. The van der Waals surface area contributed by atoms with E-state index >= 15 is 0 Å². The number of hydrogen-bond acceptors (Lipinski definition) is 7. The highest BCUT2D eigenvalue weighted by Gasteiger charge is 2.22. The Morgan fingerprint density at radius 1 is 0.361 bits per heavy atom. The van der Waals surface area contributed by atoms with Gasteiger partial charge in [-0.1, -0.05) is 48.5 Å². The van der Waals surface area contributed by atoms with Gasteiger partial charge >= 0.3 is 0 Å². The van der Waals surface area contributed by atoms with Crippen molar-refractivity contribution in [1.82, 2.24) is 19.9 Å². The summed E-state index contributed by atoms with van der Waals surface area (Å²) in [7, 11) is 0. The lowest BCUT2D eigenvalue weighted by molar-refractivity contribution is 1.32. The molecule has 7 heteroatoms. The fraction of sp³-hybridized carbons (Fsp3) is 0. The van der Waals surface area contributed by atoms with Crippen molar-refractivity contribution in [2.45, 2.75) is 0 Å². The summed E-state index contributed by atoms with van der Waals surface area (Å²) in [6.45, 7) is 0. The van der Waals surface area contributed by atoms with Crippen LogP contribution in [-0.4, -0.2) is 31.4 Å². The van der Waals surface area contributed by atoms with Crippen molar-refractivity contribution in [2.24, 2.45) is 5.10 Å². The lowest BCUT2D eigenvalue weighted by atomic mass is 9.84. The number of anilines is 1. The van der Waals surface area contributed by atoms with E-state index in [2.05, 4.69) is 122 Å². The number of hydrazone groups is 1. The van der Waals surface area contributed by atoms with Gasteiger partial charge in [0.1, 0.15) is 5.71 Å². The number of allylic oxidation sites excluding steroid dienone is 4. The Hall–Kier alpha value is -8.42. The topological polar surface area (TPSA) is 99.8 Å². The van der Waals surface area contributed by atoms with Crippen LogP contribution in [0.2, 0.25) is 0 Å². The van der Waals surface area contributed by atoms with Gasteiger partial charge in [-0.2, -0.15) is 5.10 Å². The van der Waals surface area contributed by atoms with Crippen molar-refractivity contribution in [3.05, 3.63) is 225 Å². The molecule has 0 spiro atoms. The average molecular weight is 784 g/mol. The van der Waals surface area contributed by atoms with Gasteiger partial charge in [-0.25, -0.2) is 0 Å². The third-order valence-electron chi connectivity index (χ3n) is 10.9. The standard InChI is InChI=1S/C54H37N7/c55-54-52(50-31-46(39-14-22-58-23-15-39)28-47(32-50)40-16-24-59-25-17-40)34-49(48-29-44(37-10-18-56-19-11-37)27-45(30-48)38-12-20-57-21-13-38)35-53(54)61-60-51-7-3-6-42(33-51)43-9-8-36-4-1-2-5-41(36)26-43/h1-35,55,60H/b55-54?,61-53-. The van der Waals surface area contributed by atoms with E-state index in [0.717, 1.165) is 83.6 Å². The highest BCUT2D eigenvalue weighted by atomic mass is 15.3. The third-order valence-corrected chi connectivity index (χ3v) is 10.9. The van der Waals surface area contributed by atoms with Gasteiger partial charge in [-0.3, -0.25) is 30.8 Å². The third kappa shape index (κ3) is 7.91. The maximum absolute atomic E-state index is 9.80. The van der Waals surface area contributed by atoms with Crippen molar-refractivity contribution < 1.29 is 0 Å². The largest absolute Gasteiger partial charge is 0.298 e. The van der Waals surface area contributed by atoms with Crippen LogP contribution in [0.1, 0.15) is 11.1 Å². The lowest BCUT2D eigenvalue weighted by Crippen LogP contribution is -2.18. The molecule has 0 saturated heterocycles. The minimum Gasteiger partial charge on any atom is -0.298 e. The monoisotopic (exact) mass is 783 g/mol. The summed E-state index contributed by atoms with van der Waals surface area (Å²) in [5.74, 6) is 0. The van der Waals surface area contributed by atoms with Crippen molar-refractivity contribution >= 4 is 39.0 Å². The summed E-state index contributed by atoms with van der Waals surface area (Å²) < 4.78 is 0. The maximum atomic E-state index is 9.80. The predicted molar refractivity (Wildman–Crippen MR) is 250 cm³/mol. The number of fused-ring (bicyclic) bond motifs is 1. The number of nitrogens with one attached hydrogen (secondary N) is 2. The Balaban J connectivity index is 1.12. The first kappa shape index (κ1) is 36.9. The fourth-order valence-corrected chi connectivity index (χ4v) is 7.79. The molecule has 10 rings (SSSR count). The van der Waals surface area contributed by atoms with E-state index in [4.69, 9.17) is 5.10 Å². The molecule has 7 nitrogen and oxygen atoms in total. The highest BCUT2D eigenvalue weighted by molar-refractivity contribution is 6.62. The number of nitrogens with zero attached hydrogens (tertiary/aromatic N) is 5. The van der Waals surface area contributed by atoms with Crippen LogP contribution in [0.4, 0.5) is 5.69 Å². The lowest BCUT2D eigenvalue weighted by Gasteiger charge is -2.20. The summed E-state index contributed by atoms with van der Waals surface area (Å²) in [4.78, 5) is 17.1. The van der Waals surface area contributed by atoms with Gasteiger partial charge in [0.05, 0.1) is 11.4 Å². The second-order valence-electron chi connectivity index (χ2n) is 14.8. The number of benzene rings is 5. The SMILES string of the molecule is N=C1C(c2cc(-c3ccncc3)cc(-c3ccncc3)c2)=CC(c2cc(-c3ccncc3)cc(-c3ccncc3)c2)=C/C1=N/Nc1cccc(-c2ccc3ccccc3c2)c1. The molecule has 1 aliphatic carbocycles. The van der Waals surface area contributed by atoms with Crippen LogP contribution in [0.15, 0.2) is 218 Å². The van der Waals surface area contributed by atoms with Crippen molar-refractivity contribution in [2.75, 3.05) is 5.43 Å². The van der Waals surface area contributed by atoms with Crippen LogP contribution in [0.25, 0.3) is 77.6 Å². The molecular weight excluding hydrogens is 747 g/mol. The molecule has 5 aromatic carbocycles. The molecule has 0 unspecified atom stereocenters. The molecule has 4 heterocycles. The molecule has 0 saturated carbocycles. The van der Waals surface area contributed by atoms with Gasteiger partial charge < -0.3 is 0 Å². The number of rotatable bonds is 9. The zero-order valence-corrected chi connectivity index (χ0v) is 32.9. The summed E-state index contributed by atoms with van der Waals surface area (Å²) in [6.07, 6.45) is 18.6. The first-order valence-electron chi connectivity index (χ1n) is 20.0. The Bertz CT molecular complexity index is 3040. The zero-order chi connectivity index (χ0) is 41.0. The fourth-order valence-electron chi connectivity index (χ4n) is 7.79. The maximum Gasteiger partial charge on any atom is 0.109 e. The van der Waals surface area contributed by atoms with Crippen LogP contribution in [0.5, 0.6) is 0 Å². The van der Waals surface area contributed by atoms with Crippen LogP contribution >= 0.6 is 0 Å². The smallest absolute Gasteiger partial charge is 0.109 e. The molecule has 0 aliphatic heterocycles. The Morgan fingerprint density at radius 3 is 1.38 bits per heavy atom. The van der Waals surface area contributed by atoms with Crippen molar-refractivity contribution in [3.63, 3.8) is 0 Å². The molecule has 288 valence electrons. The molecule has 0 bridgehead atoms. The van der Waals surface area contributed by atoms with Crippen molar-refractivity contribution in [3.8, 4) is 55.6 Å². The van der Waals surface area contributed by atoms with E-state index in [0.29, 0.717) is 11.4 Å². The van der Waals surface area contributed by atoms with Gasteiger partial charge in [0.2, 0.25) is 0 Å². The van der Waals surface area contributed by atoms with E-state index in [1.54, 1.807) is 24.8 Å². The van der Waals surface area contributed by atoms with E-state index in [9.17, 15) is 5.41 Å². The number of aromatic nitrogens is 4. The molecule has 0 atom stereocenters. The summed E-state index contributed by atoms with van der Waals surface area (Å²) in [5, 5.41) is 17.2. The van der Waals surface area contributed by atoms with E-state index < -0.39 is 0 Å². The zero-order valence-electron chi connectivity index (χ0n) is 32.9. The van der Waals surface area contributed by atoms with Crippen LogP contribution in [0.3, 0.4) is 0 Å². The van der Waals surface area contributed by atoms with Crippen LogP contribution < -0.4 is 5.43 Å². The van der Waals surface area contributed by atoms with E-state index in [-0.39, 0.29) is 0 Å². The quantitative estimate of drug-likeness (QED) is 0.112. The molecular formula is C54H37N7. The molecule has 9 aromatic rings.